The van der Waals surface area contributed by atoms with Crippen LogP contribution >= 0.6 is 0 Å². The van der Waals surface area contributed by atoms with Crippen molar-refractivity contribution in [1.82, 2.24) is 5.32 Å². The molecule has 0 spiro atoms. The first-order valence-corrected chi connectivity index (χ1v) is 7.67. The van der Waals surface area contributed by atoms with Gasteiger partial charge in [0.15, 0.2) is 0 Å². The zero-order chi connectivity index (χ0) is 12.8. The van der Waals surface area contributed by atoms with Crippen LogP contribution in [-0.2, 0) is 6.42 Å². The summed E-state index contributed by atoms with van der Waals surface area (Å²) in [6.07, 6.45) is 7.93. The Morgan fingerprint density at radius 3 is 2.44 bits per heavy atom. The molecule has 2 rings (SSSR count). The van der Waals surface area contributed by atoms with Crippen LogP contribution in [-0.4, -0.2) is 12.6 Å². The third-order valence-corrected chi connectivity index (χ3v) is 4.18. The van der Waals surface area contributed by atoms with Crippen molar-refractivity contribution in [2.45, 2.75) is 64.3 Å². The highest BCUT2D eigenvalue weighted by atomic mass is 14.9. The maximum Gasteiger partial charge on any atom is 0.0136 e. The van der Waals surface area contributed by atoms with Gasteiger partial charge in [0, 0.05) is 6.04 Å². The van der Waals surface area contributed by atoms with Crippen molar-refractivity contribution in [3.63, 3.8) is 0 Å². The average Bonchev–Trinajstić information content (AvgIpc) is 2.41. The standard InChI is InChI=1S/C17H27N/c1-3-7-14-10-12-15(13-11-14)16-8-5-6-9-17(16)18-4-2/h10-13,16-18H,3-9H2,1-2H3. The first-order valence-electron chi connectivity index (χ1n) is 7.67. The van der Waals surface area contributed by atoms with E-state index in [2.05, 4.69) is 43.4 Å². The van der Waals surface area contributed by atoms with Crippen LogP contribution in [0.1, 0.15) is 63.0 Å². The lowest BCUT2D eigenvalue weighted by atomic mass is 9.79. The molecule has 0 amide bonds. The molecule has 1 aliphatic rings. The summed E-state index contributed by atoms with van der Waals surface area (Å²) in [5, 5.41) is 3.67. The van der Waals surface area contributed by atoms with Gasteiger partial charge in [0.05, 0.1) is 0 Å². The minimum absolute atomic E-state index is 0.695. The molecular weight excluding hydrogens is 218 g/mol. The molecular formula is C17H27N. The Balaban J connectivity index is 2.07. The Kier molecular flexibility index (Phi) is 5.25. The highest BCUT2D eigenvalue weighted by molar-refractivity contribution is 5.27. The number of hydrogen-bond donors (Lipinski definition) is 1. The molecule has 0 saturated heterocycles. The van der Waals surface area contributed by atoms with E-state index < -0.39 is 0 Å². The van der Waals surface area contributed by atoms with E-state index in [1.54, 1.807) is 5.56 Å². The fourth-order valence-electron chi connectivity index (χ4n) is 3.26. The largest absolute Gasteiger partial charge is 0.314 e. The van der Waals surface area contributed by atoms with Gasteiger partial charge in [-0.25, -0.2) is 0 Å². The summed E-state index contributed by atoms with van der Waals surface area (Å²) in [5.41, 5.74) is 3.03. The molecule has 1 N–H and O–H groups in total. The van der Waals surface area contributed by atoms with Gasteiger partial charge in [0.1, 0.15) is 0 Å². The summed E-state index contributed by atoms with van der Waals surface area (Å²) < 4.78 is 0. The monoisotopic (exact) mass is 245 g/mol. The summed E-state index contributed by atoms with van der Waals surface area (Å²) in [6.45, 7) is 5.56. The van der Waals surface area contributed by atoms with Crippen molar-refractivity contribution in [3.8, 4) is 0 Å². The van der Waals surface area contributed by atoms with Crippen molar-refractivity contribution in [1.29, 1.82) is 0 Å². The molecule has 0 bridgehead atoms. The third-order valence-electron chi connectivity index (χ3n) is 4.18. The minimum Gasteiger partial charge on any atom is -0.314 e. The second-order valence-electron chi connectivity index (χ2n) is 5.55. The van der Waals surface area contributed by atoms with Gasteiger partial charge >= 0.3 is 0 Å². The number of hydrogen-bond acceptors (Lipinski definition) is 1. The Morgan fingerprint density at radius 2 is 1.78 bits per heavy atom. The molecule has 1 aromatic carbocycles. The predicted octanol–water partition coefficient (Wildman–Crippen LogP) is 4.27. The number of rotatable bonds is 5. The SMILES string of the molecule is CCCc1ccc(C2CCCCC2NCC)cc1. The first kappa shape index (κ1) is 13.6. The number of benzene rings is 1. The van der Waals surface area contributed by atoms with Crippen molar-refractivity contribution >= 4 is 0 Å². The van der Waals surface area contributed by atoms with Crippen molar-refractivity contribution in [3.05, 3.63) is 35.4 Å². The van der Waals surface area contributed by atoms with Gasteiger partial charge < -0.3 is 5.32 Å². The Labute approximate surface area is 112 Å². The van der Waals surface area contributed by atoms with Crippen molar-refractivity contribution in [2.24, 2.45) is 0 Å². The molecule has 1 fully saturated rings. The molecule has 0 aliphatic heterocycles. The lowest BCUT2D eigenvalue weighted by molar-refractivity contribution is 0.332. The Hall–Kier alpha value is -0.820. The van der Waals surface area contributed by atoms with Crippen molar-refractivity contribution < 1.29 is 0 Å². The second kappa shape index (κ2) is 6.94. The molecule has 1 aliphatic carbocycles. The lowest BCUT2D eigenvalue weighted by Crippen LogP contribution is -2.37. The van der Waals surface area contributed by atoms with Crippen LogP contribution < -0.4 is 5.32 Å². The van der Waals surface area contributed by atoms with E-state index in [4.69, 9.17) is 0 Å². The first-order chi connectivity index (χ1) is 8.85. The molecule has 0 aromatic heterocycles. The summed E-state index contributed by atoms with van der Waals surface area (Å²) in [4.78, 5) is 0. The molecule has 1 nitrogen and oxygen atoms in total. The molecule has 2 atom stereocenters. The molecule has 0 heterocycles. The summed E-state index contributed by atoms with van der Waals surface area (Å²) in [7, 11) is 0. The molecule has 2 unspecified atom stereocenters. The van der Waals surface area contributed by atoms with E-state index in [1.165, 1.54) is 44.1 Å². The normalized spacial score (nSPS) is 24.1. The highest BCUT2D eigenvalue weighted by Gasteiger charge is 2.25. The van der Waals surface area contributed by atoms with E-state index in [-0.39, 0.29) is 0 Å². The topological polar surface area (TPSA) is 12.0 Å². The van der Waals surface area contributed by atoms with Crippen LogP contribution in [0.15, 0.2) is 24.3 Å². The molecule has 1 aromatic rings. The van der Waals surface area contributed by atoms with Crippen LogP contribution in [0.25, 0.3) is 0 Å². The van der Waals surface area contributed by atoms with Crippen LogP contribution in [0.5, 0.6) is 0 Å². The van der Waals surface area contributed by atoms with E-state index in [1.807, 2.05) is 0 Å². The average molecular weight is 245 g/mol. The van der Waals surface area contributed by atoms with Gasteiger partial charge in [-0.2, -0.15) is 0 Å². The van der Waals surface area contributed by atoms with E-state index in [0.29, 0.717) is 6.04 Å². The van der Waals surface area contributed by atoms with E-state index in [0.717, 1.165) is 12.5 Å². The fourth-order valence-corrected chi connectivity index (χ4v) is 3.26. The molecule has 1 saturated carbocycles. The molecule has 0 radical (unpaired) electrons. The van der Waals surface area contributed by atoms with Crippen LogP contribution in [0.3, 0.4) is 0 Å². The van der Waals surface area contributed by atoms with Crippen molar-refractivity contribution in [2.75, 3.05) is 6.54 Å². The Morgan fingerprint density at radius 1 is 1.06 bits per heavy atom. The zero-order valence-corrected chi connectivity index (χ0v) is 11.9. The fraction of sp³-hybridized carbons (Fsp3) is 0.647. The van der Waals surface area contributed by atoms with Gasteiger partial charge in [0.25, 0.3) is 0 Å². The second-order valence-corrected chi connectivity index (χ2v) is 5.55. The smallest absolute Gasteiger partial charge is 0.0136 e. The molecule has 100 valence electrons. The summed E-state index contributed by atoms with van der Waals surface area (Å²) in [6, 6.07) is 10.1. The van der Waals surface area contributed by atoms with Gasteiger partial charge in [-0.15, -0.1) is 0 Å². The molecule has 1 heteroatoms. The third kappa shape index (κ3) is 3.35. The van der Waals surface area contributed by atoms with E-state index in [9.17, 15) is 0 Å². The lowest BCUT2D eigenvalue weighted by Gasteiger charge is -2.32. The van der Waals surface area contributed by atoms with E-state index >= 15 is 0 Å². The van der Waals surface area contributed by atoms with Gasteiger partial charge in [0.2, 0.25) is 0 Å². The summed E-state index contributed by atoms with van der Waals surface area (Å²) in [5.74, 6) is 0.731. The summed E-state index contributed by atoms with van der Waals surface area (Å²) >= 11 is 0. The van der Waals surface area contributed by atoms with Gasteiger partial charge in [-0.3, -0.25) is 0 Å². The zero-order valence-electron chi connectivity index (χ0n) is 11.9. The quantitative estimate of drug-likeness (QED) is 0.816. The molecule has 18 heavy (non-hydrogen) atoms. The predicted molar refractivity (Wildman–Crippen MR) is 79.1 cm³/mol. The number of aryl methyl sites for hydroxylation is 1. The maximum atomic E-state index is 3.67. The van der Waals surface area contributed by atoms with Crippen LogP contribution in [0, 0.1) is 0 Å². The minimum atomic E-state index is 0.695. The van der Waals surface area contributed by atoms with Crippen LogP contribution in [0.4, 0.5) is 0 Å². The Bertz CT molecular complexity index is 339. The van der Waals surface area contributed by atoms with Gasteiger partial charge in [-0.05, 0) is 42.9 Å². The maximum absolute atomic E-state index is 3.67. The number of nitrogens with one attached hydrogen (secondary N) is 1. The highest BCUT2D eigenvalue weighted by Crippen LogP contribution is 2.33. The van der Waals surface area contributed by atoms with Gasteiger partial charge in [-0.1, -0.05) is 57.4 Å². The van der Waals surface area contributed by atoms with Crippen LogP contribution in [0.2, 0.25) is 0 Å². The number of likely N-dealkylation sites (N-methyl/N-ethyl adjacent to an activating group) is 1.